The fraction of sp³-hybridized carbons (Fsp3) is 0.387. The first-order chi connectivity index (χ1) is 22.3. The quantitative estimate of drug-likeness (QED) is 0.211. The summed E-state index contributed by atoms with van der Waals surface area (Å²) in [6, 6.07) is 10.6. The van der Waals surface area contributed by atoms with Gasteiger partial charge in [0.15, 0.2) is 5.82 Å². The molecule has 2 aromatic carbocycles. The number of carbonyl (C=O) groups is 2. The van der Waals surface area contributed by atoms with Crippen LogP contribution in [0.2, 0.25) is 5.02 Å². The van der Waals surface area contributed by atoms with E-state index in [9.17, 15) is 28.6 Å². The van der Waals surface area contributed by atoms with Crippen LogP contribution in [0.5, 0.6) is 0 Å². The molecule has 16 heteroatoms. The Morgan fingerprint density at radius 1 is 1.17 bits per heavy atom. The second-order valence-corrected chi connectivity index (χ2v) is 13.2. The van der Waals surface area contributed by atoms with Crippen molar-refractivity contribution in [3.05, 3.63) is 71.1 Å². The molecule has 0 spiro atoms. The monoisotopic (exact) mass is 667 g/mol. The molecule has 246 valence electrons. The first-order valence-corrected chi connectivity index (χ1v) is 15.2. The van der Waals surface area contributed by atoms with Gasteiger partial charge in [-0.25, -0.2) is 9.78 Å². The zero-order valence-corrected chi connectivity index (χ0v) is 26.4. The largest absolute Gasteiger partial charge is 0.463 e. The van der Waals surface area contributed by atoms with Crippen molar-refractivity contribution in [2.75, 3.05) is 6.61 Å². The first kappa shape index (κ1) is 32.2. The van der Waals surface area contributed by atoms with Gasteiger partial charge in [0.1, 0.15) is 17.6 Å². The topological polar surface area (TPSA) is 164 Å². The van der Waals surface area contributed by atoms with Gasteiger partial charge in [0.25, 0.3) is 5.91 Å². The number of aromatic nitrogens is 6. The van der Waals surface area contributed by atoms with E-state index in [2.05, 4.69) is 30.6 Å². The molecule has 3 N–H and O–H groups in total. The number of benzene rings is 2. The number of halogens is 3. The van der Waals surface area contributed by atoms with Crippen molar-refractivity contribution < 1.29 is 28.6 Å². The van der Waals surface area contributed by atoms with Crippen LogP contribution < -0.4 is 5.32 Å². The van der Waals surface area contributed by atoms with Crippen molar-refractivity contribution in [1.82, 2.24) is 40.0 Å². The summed E-state index contributed by atoms with van der Waals surface area (Å²) in [7, 11) is 0. The van der Waals surface area contributed by atoms with Gasteiger partial charge in [-0.3, -0.25) is 9.69 Å². The SMILES string of the molecule is CC(C)(C)C[C@]1(c2ccc(-c3cnn(C4CC4)n3)cc2)NC(=NC(=O)O)N(C(CO)c2ccc(Cl)c(-c3ncnn3C(F)F)c2)C1=O. The minimum atomic E-state index is -3.01. The molecule has 0 bridgehead atoms. The number of aliphatic hydroxyl groups excluding tert-OH is 1. The number of nitrogens with one attached hydrogen (secondary N) is 1. The Hall–Kier alpha value is -4.76. The maximum absolute atomic E-state index is 14.7. The Morgan fingerprint density at radius 2 is 1.89 bits per heavy atom. The molecule has 4 aromatic rings. The fourth-order valence-corrected chi connectivity index (χ4v) is 6.14. The van der Waals surface area contributed by atoms with Crippen molar-refractivity contribution >= 4 is 29.6 Å². The van der Waals surface area contributed by atoms with E-state index in [4.69, 9.17) is 11.6 Å². The number of nitrogens with zero attached hydrogens (tertiary/aromatic N) is 8. The minimum Gasteiger partial charge on any atom is -0.463 e. The lowest BCUT2D eigenvalue weighted by Crippen LogP contribution is -2.47. The van der Waals surface area contributed by atoms with Gasteiger partial charge >= 0.3 is 12.6 Å². The number of hydrogen-bond donors (Lipinski definition) is 3. The van der Waals surface area contributed by atoms with Crippen LogP contribution in [0.15, 0.2) is 60.0 Å². The molecule has 2 aliphatic rings. The average Bonchev–Trinajstić information content (AvgIpc) is 3.42. The molecule has 1 unspecified atom stereocenters. The molecule has 1 saturated carbocycles. The summed E-state index contributed by atoms with van der Waals surface area (Å²) >= 11 is 6.38. The van der Waals surface area contributed by atoms with Crippen LogP contribution in [0.3, 0.4) is 0 Å². The predicted octanol–water partition coefficient (Wildman–Crippen LogP) is 5.42. The number of hydrogen-bond acceptors (Lipinski definition) is 7. The van der Waals surface area contributed by atoms with Crippen LogP contribution in [-0.4, -0.2) is 69.4 Å². The van der Waals surface area contributed by atoms with E-state index < -0.39 is 42.2 Å². The van der Waals surface area contributed by atoms with Gasteiger partial charge in [-0.2, -0.15) is 33.6 Å². The summed E-state index contributed by atoms with van der Waals surface area (Å²) in [5.41, 5.74) is 0.392. The van der Waals surface area contributed by atoms with Gasteiger partial charge < -0.3 is 15.5 Å². The summed E-state index contributed by atoms with van der Waals surface area (Å²) in [6.45, 7) is 2.15. The summed E-state index contributed by atoms with van der Waals surface area (Å²) in [6.07, 6.45) is 3.37. The molecule has 3 heterocycles. The Bertz CT molecular complexity index is 1850. The summed E-state index contributed by atoms with van der Waals surface area (Å²) in [5.74, 6) is -1.09. The van der Waals surface area contributed by atoms with Crippen LogP contribution in [0.4, 0.5) is 13.6 Å². The van der Waals surface area contributed by atoms with E-state index >= 15 is 0 Å². The highest BCUT2D eigenvalue weighted by atomic mass is 35.5. The second kappa shape index (κ2) is 12.1. The van der Waals surface area contributed by atoms with E-state index in [1.165, 1.54) is 18.2 Å². The highest BCUT2D eigenvalue weighted by Crippen LogP contribution is 2.43. The lowest BCUT2D eigenvalue weighted by molar-refractivity contribution is -0.134. The summed E-state index contributed by atoms with van der Waals surface area (Å²) in [5, 5.41) is 36.1. The predicted molar refractivity (Wildman–Crippen MR) is 166 cm³/mol. The smallest absolute Gasteiger partial charge is 0.434 e. The summed E-state index contributed by atoms with van der Waals surface area (Å²) in [4.78, 5) is 37.1. The Labute approximate surface area is 272 Å². The van der Waals surface area contributed by atoms with Crippen molar-refractivity contribution in [3.63, 3.8) is 0 Å². The van der Waals surface area contributed by atoms with E-state index in [1.807, 2.05) is 32.9 Å². The van der Waals surface area contributed by atoms with Crippen LogP contribution in [0.25, 0.3) is 22.6 Å². The fourth-order valence-electron chi connectivity index (χ4n) is 5.94. The van der Waals surface area contributed by atoms with Crippen molar-refractivity contribution in [2.24, 2.45) is 10.4 Å². The van der Waals surface area contributed by atoms with Gasteiger partial charge in [-0.15, -0.1) is 4.99 Å². The molecule has 13 nitrogen and oxygen atoms in total. The van der Waals surface area contributed by atoms with E-state index in [1.54, 1.807) is 23.1 Å². The molecule has 1 aliphatic heterocycles. The van der Waals surface area contributed by atoms with Crippen molar-refractivity contribution in [1.29, 1.82) is 0 Å². The third-order valence-electron chi connectivity index (χ3n) is 8.05. The molecule has 2 atom stereocenters. The second-order valence-electron chi connectivity index (χ2n) is 12.8. The van der Waals surface area contributed by atoms with Crippen LogP contribution >= 0.6 is 11.6 Å². The first-order valence-electron chi connectivity index (χ1n) is 14.9. The number of aliphatic imine (C=N–C) groups is 1. The maximum Gasteiger partial charge on any atom is 0.434 e. The Balaban J connectivity index is 1.43. The maximum atomic E-state index is 14.7. The molecule has 2 amide bonds. The average molecular weight is 668 g/mol. The van der Waals surface area contributed by atoms with Gasteiger partial charge in [0.2, 0.25) is 5.96 Å². The normalized spacial score (nSPS) is 19.9. The molecule has 47 heavy (non-hydrogen) atoms. The zero-order valence-electron chi connectivity index (χ0n) is 25.7. The Morgan fingerprint density at radius 3 is 2.51 bits per heavy atom. The third kappa shape index (κ3) is 6.20. The number of amides is 2. The summed E-state index contributed by atoms with van der Waals surface area (Å²) < 4.78 is 27.7. The van der Waals surface area contributed by atoms with E-state index in [-0.39, 0.29) is 34.4 Å². The van der Waals surface area contributed by atoms with Gasteiger partial charge in [-0.1, -0.05) is 62.7 Å². The van der Waals surface area contributed by atoms with E-state index in [0.717, 1.165) is 29.6 Å². The molecular weight excluding hydrogens is 636 g/mol. The van der Waals surface area contributed by atoms with Crippen molar-refractivity contribution in [2.45, 2.75) is 64.2 Å². The molecular formula is C31H32ClF2N9O4. The molecule has 2 aromatic heterocycles. The number of aliphatic hydroxyl groups is 1. The third-order valence-corrected chi connectivity index (χ3v) is 8.38. The molecule has 1 aliphatic carbocycles. The highest BCUT2D eigenvalue weighted by Gasteiger charge is 2.55. The van der Waals surface area contributed by atoms with E-state index in [0.29, 0.717) is 22.0 Å². The number of carboxylic acid groups (broad SMARTS) is 1. The molecule has 1 saturated heterocycles. The molecule has 6 rings (SSSR count). The lowest BCUT2D eigenvalue weighted by Gasteiger charge is -2.35. The zero-order chi connectivity index (χ0) is 33.7. The van der Waals surface area contributed by atoms with Crippen LogP contribution in [0, 0.1) is 5.41 Å². The Kier molecular flexibility index (Phi) is 8.30. The number of rotatable bonds is 9. The van der Waals surface area contributed by atoms with Gasteiger partial charge in [-0.05, 0) is 47.9 Å². The van der Waals surface area contributed by atoms with Gasteiger partial charge in [0, 0.05) is 11.1 Å². The van der Waals surface area contributed by atoms with Gasteiger partial charge in [0.05, 0.1) is 29.9 Å². The van der Waals surface area contributed by atoms with Crippen LogP contribution in [-0.2, 0) is 10.3 Å². The lowest BCUT2D eigenvalue weighted by atomic mass is 9.75. The van der Waals surface area contributed by atoms with Crippen molar-refractivity contribution in [3.8, 4) is 22.6 Å². The molecule has 2 fully saturated rings. The number of guanidine groups is 1. The van der Waals surface area contributed by atoms with Crippen LogP contribution in [0.1, 0.15) is 69.8 Å². The number of alkyl halides is 2. The minimum absolute atomic E-state index is 0.0740. The highest BCUT2D eigenvalue weighted by molar-refractivity contribution is 6.33. The molecule has 0 radical (unpaired) electrons. The standard InChI is InChI=1S/C31H32ClF2N9O4/c1-30(2,3)15-31(19-7-4-17(5-8-19)23-13-36-43(40-23)20-9-10-20)26(45)41(28(39-31)38-29(46)47)24(14-44)18-6-11-22(32)21(12-18)25-35-16-37-42(25)27(33)34/h4-8,11-13,16,20,24,27,44H,9-10,14-15H2,1-3H3,(H,38,39)(H,46,47)/t24?,31-/m1/s1. The number of carbonyl (C=O) groups excluding carboxylic acids is 1.